The zero-order valence-corrected chi connectivity index (χ0v) is 10.6. The van der Waals surface area contributed by atoms with Crippen molar-refractivity contribution in [1.29, 1.82) is 0 Å². The summed E-state index contributed by atoms with van der Waals surface area (Å²) in [6.45, 7) is 3.78. The Bertz CT molecular complexity index is 584. The van der Waals surface area contributed by atoms with Crippen LogP contribution in [0.1, 0.15) is 18.2 Å². The maximum atomic E-state index is 11.7. The molecule has 6 heteroatoms. The van der Waals surface area contributed by atoms with E-state index in [9.17, 15) is 4.79 Å². The quantitative estimate of drug-likeness (QED) is 0.773. The lowest BCUT2D eigenvalue weighted by atomic mass is 10.2. The minimum Gasteiger partial charge on any atom is -0.383 e. The van der Waals surface area contributed by atoms with Crippen LogP contribution in [-0.4, -0.2) is 14.6 Å². The van der Waals surface area contributed by atoms with Crippen molar-refractivity contribution in [3.05, 3.63) is 25.2 Å². The number of halogens is 1. The van der Waals surface area contributed by atoms with Gasteiger partial charge in [-0.25, -0.2) is 0 Å². The maximum absolute atomic E-state index is 11.7. The van der Waals surface area contributed by atoms with Crippen LogP contribution in [0.25, 0.3) is 5.65 Å². The van der Waals surface area contributed by atoms with Gasteiger partial charge < -0.3 is 10.7 Å². The Labute approximate surface area is 99.8 Å². The lowest BCUT2D eigenvalue weighted by molar-refractivity contribution is 0.896. The lowest BCUT2D eigenvalue weighted by Crippen LogP contribution is -2.18. The molecule has 0 bridgehead atoms. The number of nitrogen functional groups attached to an aromatic ring is 1. The predicted molar refractivity (Wildman–Crippen MR) is 67.1 cm³/mol. The third-order valence-electron chi connectivity index (χ3n) is 2.38. The molecule has 0 saturated carbocycles. The van der Waals surface area contributed by atoms with Crippen LogP contribution in [0.3, 0.4) is 0 Å². The minimum absolute atomic E-state index is 0.125. The summed E-state index contributed by atoms with van der Waals surface area (Å²) in [5.41, 5.74) is 7.89. The SMILES string of the molecule is CCc1c(N)n2nc(C)c(I)c2[nH]c1=O. The Morgan fingerprint density at radius 2 is 2.27 bits per heavy atom. The number of hydrogen-bond donors (Lipinski definition) is 2. The molecule has 2 aromatic heterocycles. The second-order valence-corrected chi connectivity index (χ2v) is 4.41. The number of fused-ring (bicyclic) bond motifs is 1. The van der Waals surface area contributed by atoms with Crippen molar-refractivity contribution in [1.82, 2.24) is 14.6 Å². The molecule has 0 fully saturated rings. The molecular formula is C9H11IN4O. The number of hydrogen-bond acceptors (Lipinski definition) is 3. The van der Waals surface area contributed by atoms with E-state index in [0.29, 0.717) is 23.4 Å². The molecule has 3 N–H and O–H groups in total. The van der Waals surface area contributed by atoms with Gasteiger partial charge in [-0.15, -0.1) is 0 Å². The van der Waals surface area contributed by atoms with Gasteiger partial charge in [-0.1, -0.05) is 6.92 Å². The highest BCUT2D eigenvalue weighted by atomic mass is 127. The van der Waals surface area contributed by atoms with Gasteiger partial charge in [-0.3, -0.25) is 4.79 Å². The van der Waals surface area contributed by atoms with Crippen LogP contribution in [-0.2, 0) is 6.42 Å². The highest BCUT2D eigenvalue weighted by Gasteiger charge is 2.13. The van der Waals surface area contributed by atoms with Gasteiger partial charge in [-0.05, 0) is 35.9 Å². The fraction of sp³-hybridized carbons (Fsp3) is 0.333. The average Bonchev–Trinajstić information content (AvgIpc) is 2.46. The van der Waals surface area contributed by atoms with Crippen LogP contribution < -0.4 is 11.3 Å². The molecule has 0 aliphatic rings. The summed E-state index contributed by atoms with van der Waals surface area (Å²) in [4.78, 5) is 14.5. The van der Waals surface area contributed by atoms with Gasteiger partial charge in [0, 0.05) is 0 Å². The largest absolute Gasteiger partial charge is 0.383 e. The number of nitrogens with zero attached hydrogens (tertiary/aromatic N) is 2. The summed E-state index contributed by atoms with van der Waals surface area (Å²) in [6.07, 6.45) is 0.604. The van der Waals surface area contributed by atoms with E-state index in [2.05, 4.69) is 32.7 Å². The van der Waals surface area contributed by atoms with E-state index < -0.39 is 0 Å². The summed E-state index contributed by atoms with van der Waals surface area (Å²) >= 11 is 2.15. The molecule has 0 amide bonds. The monoisotopic (exact) mass is 318 g/mol. The van der Waals surface area contributed by atoms with Gasteiger partial charge >= 0.3 is 0 Å². The molecule has 15 heavy (non-hydrogen) atoms. The van der Waals surface area contributed by atoms with E-state index >= 15 is 0 Å². The zero-order chi connectivity index (χ0) is 11.2. The topological polar surface area (TPSA) is 76.2 Å². The van der Waals surface area contributed by atoms with E-state index in [0.717, 1.165) is 9.26 Å². The Balaban J connectivity index is 2.97. The maximum Gasteiger partial charge on any atom is 0.256 e. The second kappa shape index (κ2) is 3.51. The number of nitrogens with one attached hydrogen (secondary N) is 1. The van der Waals surface area contributed by atoms with Crippen molar-refractivity contribution < 1.29 is 0 Å². The van der Waals surface area contributed by atoms with Crippen molar-refractivity contribution in [2.24, 2.45) is 0 Å². The first-order valence-electron chi connectivity index (χ1n) is 4.61. The summed E-state index contributed by atoms with van der Waals surface area (Å²) in [5, 5.41) is 4.28. The zero-order valence-electron chi connectivity index (χ0n) is 8.47. The molecule has 0 atom stereocenters. The van der Waals surface area contributed by atoms with Crippen molar-refractivity contribution in [3.8, 4) is 0 Å². The Hall–Kier alpha value is -1.05. The van der Waals surface area contributed by atoms with Crippen LogP contribution >= 0.6 is 22.6 Å². The van der Waals surface area contributed by atoms with Crippen molar-refractivity contribution in [2.75, 3.05) is 5.73 Å². The van der Waals surface area contributed by atoms with Crippen LogP contribution in [0, 0.1) is 10.5 Å². The summed E-state index contributed by atoms with van der Waals surface area (Å²) in [7, 11) is 0. The first kappa shape index (κ1) is 10.5. The first-order valence-corrected chi connectivity index (χ1v) is 5.69. The minimum atomic E-state index is -0.125. The molecule has 80 valence electrons. The molecule has 0 radical (unpaired) electrons. The van der Waals surface area contributed by atoms with Gasteiger partial charge in [0.15, 0.2) is 5.65 Å². The molecular weight excluding hydrogens is 307 g/mol. The van der Waals surface area contributed by atoms with Crippen LogP contribution in [0.2, 0.25) is 0 Å². The van der Waals surface area contributed by atoms with E-state index in [-0.39, 0.29) is 5.56 Å². The Morgan fingerprint density at radius 3 is 2.87 bits per heavy atom. The molecule has 0 aromatic carbocycles. The number of nitrogens with two attached hydrogens (primary N) is 1. The third-order valence-corrected chi connectivity index (χ3v) is 3.68. The molecule has 5 nitrogen and oxygen atoms in total. The molecule has 2 rings (SSSR count). The predicted octanol–water partition coefficient (Wildman–Crippen LogP) is 1.08. The molecule has 0 saturated heterocycles. The molecule has 2 aromatic rings. The molecule has 0 spiro atoms. The fourth-order valence-corrected chi connectivity index (χ4v) is 2.03. The van der Waals surface area contributed by atoms with E-state index in [4.69, 9.17) is 5.73 Å². The standard InChI is InChI=1S/C9H11IN4O/c1-3-5-7(11)14-8(12-9(5)15)6(10)4(2)13-14/h3,11H2,1-2H3,(H,12,15). The van der Waals surface area contributed by atoms with Gasteiger partial charge in [0.2, 0.25) is 0 Å². The normalized spacial score (nSPS) is 11.1. The van der Waals surface area contributed by atoms with Crippen LogP contribution in [0.5, 0.6) is 0 Å². The molecule has 0 aliphatic heterocycles. The number of aryl methyl sites for hydroxylation is 1. The number of H-pyrrole nitrogens is 1. The van der Waals surface area contributed by atoms with Crippen molar-refractivity contribution in [3.63, 3.8) is 0 Å². The number of anilines is 1. The van der Waals surface area contributed by atoms with Crippen molar-refractivity contribution >= 4 is 34.1 Å². The van der Waals surface area contributed by atoms with Gasteiger partial charge in [0.25, 0.3) is 5.56 Å². The van der Waals surface area contributed by atoms with E-state index in [1.165, 1.54) is 0 Å². The van der Waals surface area contributed by atoms with Crippen LogP contribution in [0.15, 0.2) is 4.79 Å². The van der Waals surface area contributed by atoms with Gasteiger partial charge in [0.1, 0.15) is 5.82 Å². The summed E-state index contributed by atoms with van der Waals surface area (Å²) < 4.78 is 2.52. The summed E-state index contributed by atoms with van der Waals surface area (Å²) in [5.74, 6) is 0.433. The highest BCUT2D eigenvalue weighted by Crippen LogP contribution is 2.18. The lowest BCUT2D eigenvalue weighted by Gasteiger charge is -2.03. The highest BCUT2D eigenvalue weighted by molar-refractivity contribution is 14.1. The Morgan fingerprint density at radius 1 is 1.60 bits per heavy atom. The molecule has 0 unspecified atom stereocenters. The number of rotatable bonds is 1. The first-order chi connectivity index (χ1) is 7.06. The van der Waals surface area contributed by atoms with Crippen LogP contribution in [0.4, 0.5) is 5.82 Å². The van der Waals surface area contributed by atoms with Gasteiger partial charge in [-0.2, -0.15) is 9.61 Å². The van der Waals surface area contributed by atoms with Gasteiger partial charge in [0.05, 0.1) is 14.8 Å². The van der Waals surface area contributed by atoms with E-state index in [1.807, 2.05) is 13.8 Å². The van der Waals surface area contributed by atoms with Crippen molar-refractivity contribution in [2.45, 2.75) is 20.3 Å². The molecule has 0 aliphatic carbocycles. The third kappa shape index (κ3) is 1.43. The average molecular weight is 318 g/mol. The second-order valence-electron chi connectivity index (χ2n) is 3.33. The number of aromatic nitrogens is 3. The molecule has 2 heterocycles. The van der Waals surface area contributed by atoms with E-state index in [1.54, 1.807) is 4.52 Å². The fourth-order valence-electron chi connectivity index (χ4n) is 1.56. The Kier molecular flexibility index (Phi) is 2.45. The number of aromatic amines is 1. The summed E-state index contributed by atoms with van der Waals surface area (Å²) in [6, 6.07) is 0. The smallest absolute Gasteiger partial charge is 0.256 e.